The molecule has 1 N–H and O–H groups in total. The van der Waals surface area contributed by atoms with Crippen LogP contribution in [0.1, 0.15) is 33.1 Å². The highest BCUT2D eigenvalue weighted by molar-refractivity contribution is 7.89. The van der Waals surface area contributed by atoms with Crippen molar-refractivity contribution in [2.24, 2.45) is 11.8 Å². The lowest BCUT2D eigenvalue weighted by atomic mass is 9.73. The Hall–Kier alpha value is -2.38. The van der Waals surface area contributed by atoms with Crippen LogP contribution in [0.4, 0.5) is 5.69 Å². The van der Waals surface area contributed by atoms with Gasteiger partial charge in [0.1, 0.15) is 5.75 Å². The zero-order valence-corrected chi connectivity index (χ0v) is 18.1. The van der Waals surface area contributed by atoms with Gasteiger partial charge < -0.3 is 10.1 Å². The molecule has 6 nitrogen and oxygen atoms in total. The molecule has 5 rings (SSSR count). The van der Waals surface area contributed by atoms with Crippen LogP contribution >= 0.6 is 0 Å². The summed E-state index contributed by atoms with van der Waals surface area (Å²) in [7, 11) is -3.62. The molecule has 2 bridgehead atoms. The monoisotopic (exact) mass is 428 g/mol. The number of rotatable bonds is 6. The van der Waals surface area contributed by atoms with Gasteiger partial charge in [0.15, 0.2) is 0 Å². The van der Waals surface area contributed by atoms with Crippen LogP contribution < -0.4 is 10.1 Å². The fraction of sp³-hybridized carbons (Fsp3) is 0.435. The minimum Gasteiger partial charge on any atom is -0.491 e. The van der Waals surface area contributed by atoms with E-state index < -0.39 is 10.0 Å². The van der Waals surface area contributed by atoms with Crippen molar-refractivity contribution >= 4 is 21.6 Å². The molecule has 30 heavy (non-hydrogen) atoms. The molecule has 2 aromatic rings. The third-order valence-corrected chi connectivity index (χ3v) is 7.80. The summed E-state index contributed by atoms with van der Waals surface area (Å²) in [6.07, 6.45) is 2.44. The van der Waals surface area contributed by atoms with Crippen LogP contribution in [0, 0.1) is 11.8 Å². The van der Waals surface area contributed by atoms with E-state index in [0.29, 0.717) is 24.4 Å². The molecule has 2 aliphatic heterocycles. The van der Waals surface area contributed by atoms with E-state index in [0.717, 1.165) is 12.8 Å². The van der Waals surface area contributed by atoms with Crippen molar-refractivity contribution in [3.05, 3.63) is 54.6 Å². The summed E-state index contributed by atoms with van der Waals surface area (Å²) in [4.78, 5) is 13.4. The summed E-state index contributed by atoms with van der Waals surface area (Å²) in [5, 5.41) is 2.98. The van der Waals surface area contributed by atoms with Gasteiger partial charge in [-0.1, -0.05) is 24.3 Å². The smallest absolute Gasteiger partial charge is 0.243 e. The number of piperidine rings is 2. The summed E-state index contributed by atoms with van der Waals surface area (Å²) in [6, 6.07) is 15.5. The standard InChI is InChI=1S/C23H28N2O4S/c1-16(2)29-19-8-6-7-18(14-19)24-23(26)21-13-17-11-12-22(21)25(15-17)30(27,28)20-9-4-3-5-10-20/h3-10,14,16-17,21-22H,11-13,15H2,1-2H3,(H,24,26)/t17-,21+,22+/m0/s1. The number of sulfonamides is 1. The molecule has 3 atom stereocenters. The first-order valence-corrected chi connectivity index (χ1v) is 11.9. The highest BCUT2D eigenvalue weighted by atomic mass is 32.2. The fourth-order valence-electron chi connectivity index (χ4n) is 4.58. The van der Waals surface area contributed by atoms with Gasteiger partial charge in [-0.15, -0.1) is 0 Å². The molecule has 2 saturated heterocycles. The van der Waals surface area contributed by atoms with E-state index in [2.05, 4.69) is 5.32 Å². The molecule has 0 spiro atoms. The second-order valence-electron chi connectivity index (χ2n) is 8.42. The number of nitrogens with zero attached hydrogens (tertiary/aromatic N) is 1. The first kappa shape index (κ1) is 20.9. The first-order chi connectivity index (χ1) is 14.3. The van der Waals surface area contributed by atoms with Crippen LogP contribution in [0.15, 0.2) is 59.5 Å². The molecular formula is C23H28N2O4S. The third-order valence-electron chi connectivity index (χ3n) is 5.89. The normalized spacial score (nSPS) is 24.0. The number of carbonyl (C=O) groups excluding carboxylic acids is 1. The first-order valence-electron chi connectivity index (χ1n) is 10.5. The Morgan fingerprint density at radius 2 is 1.87 bits per heavy atom. The number of hydrogen-bond acceptors (Lipinski definition) is 4. The summed E-state index contributed by atoms with van der Waals surface area (Å²) < 4.78 is 33.7. The molecule has 1 saturated carbocycles. The van der Waals surface area contributed by atoms with Gasteiger partial charge in [0.2, 0.25) is 15.9 Å². The van der Waals surface area contributed by atoms with Gasteiger partial charge in [-0.2, -0.15) is 4.31 Å². The van der Waals surface area contributed by atoms with Crippen molar-refractivity contribution < 1.29 is 17.9 Å². The van der Waals surface area contributed by atoms with Gasteiger partial charge in [0.25, 0.3) is 0 Å². The minimum atomic E-state index is -3.62. The molecule has 0 aromatic heterocycles. The highest BCUT2D eigenvalue weighted by Crippen LogP contribution is 2.42. The number of benzene rings is 2. The fourth-order valence-corrected chi connectivity index (χ4v) is 6.37. The predicted molar refractivity (Wildman–Crippen MR) is 116 cm³/mol. The van der Waals surface area contributed by atoms with Gasteiger partial charge in [0, 0.05) is 24.3 Å². The molecule has 160 valence electrons. The zero-order chi connectivity index (χ0) is 21.3. The highest BCUT2D eigenvalue weighted by Gasteiger charge is 2.48. The average Bonchev–Trinajstić information content (AvgIpc) is 2.74. The zero-order valence-electron chi connectivity index (χ0n) is 17.3. The molecule has 2 heterocycles. The van der Waals surface area contributed by atoms with E-state index >= 15 is 0 Å². The summed E-state index contributed by atoms with van der Waals surface area (Å²) in [6.45, 7) is 4.39. The second kappa shape index (κ2) is 8.40. The van der Waals surface area contributed by atoms with E-state index in [1.165, 1.54) is 0 Å². The van der Waals surface area contributed by atoms with E-state index in [9.17, 15) is 13.2 Å². The van der Waals surface area contributed by atoms with Crippen molar-refractivity contribution in [3.63, 3.8) is 0 Å². The number of carbonyl (C=O) groups is 1. The molecule has 2 aromatic carbocycles. The number of fused-ring (bicyclic) bond motifs is 3. The Balaban J connectivity index is 1.53. The molecule has 0 radical (unpaired) electrons. The number of hydrogen-bond donors (Lipinski definition) is 1. The Labute approximate surface area is 178 Å². The van der Waals surface area contributed by atoms with Crippen LogP contribution in [0.5, 0.6) is 5.75 Å². The summed E-state index contributed by atoms with van der Waals surface area (Å²) in [5.74, 6) is 0.422. The summed E-state index contributed by atoms with van der Waals surface area (Å²) >= 11 is 0. The molecule has 3 fully saturated rings. The van der Waals surface area contributed by atoms with Gasteiger partial charge in [-0.05, 0) is 63.3 Å². The maximum Gasteiger partial charge on any atom is 0.243 e. The quantitative estimate of drug-likeness (QED) is 0.757. The lowest BCUT2D eigenvalue weighted by Gasteiger charge is -2.48. The maximum atomic E-state index is 13.2. The second-order valence-corrected chi connectivity index (χ2v) is 10.3. The Kier molecular flexibility index (Phi) is 5.84. The topological polar surface area (TPSA) is 75.7 Å². The van der Waals surface area contributed by atoms with Gasteiger partial charge in [-0.3, -0.25) is 4.79 Å². The van der Waals surface area contributed by atoms with Crippen molar-refractivity contribution in [1.29, 1.82) is 0 Å². The van der Waals surface area contributed by atoms with Crippen LogP contribution in [-0.4, -0.2) is 37.3 Å². The molecule has 3 aliphatic rings. The number of anilines is 1. The third kappa shape index (κ3) is 4.23. The summed E-state index contributed by atoms with van der Waals surface area (Å²) in [5.41, 5.74) is 0.664. The van der Waals surface area contributed by atoms with Gasteiger partial charge in [-0.25, -0.2) is 8.42 Å². The number of ether oxygens (including phenoxy) is 1. The van der Waals surface area contributed by atoms with Gasteiger partial charge >= 0.3 is 0 Å². The minimum absolute atomic E-state index is 0.0433. The van der Waals surface area contributed by atoms with Crippen molar-refractivity contribution in [3.8, 4) is 5.75 Å². The van der Waals surface area contributed by atoms with E-state index in [4.69, 9.17) is 4.74 Å². The average molecular weight is 429 g/mol. The molecule has 1 amide bonds. The number of nitrogens with one attached hydrogen (secondary N) is 1. The Morgan fingerprint density at radius 3 is 2.57 bits per heavy atom. The van der Waals surface area contributed by atoms with Crippen LogP contribution in [0.3, 0.4) is 0 Å². The predicted octanol–water partition coefficient (Wildman–Crippen LogP) is 3.90. The van der Waals surface area contributed by atoms with Gasteiger partial charge in [0.05, 0.1) is 16.9 Å². The molecule has 1 aliphatic carbocycles. The van der Waals surface area contributed by atoms with Crippen LogP contribution in [-0.2, 0) is 14.8 Å². The lowest BCUT2D eigenvalue weighted by molar-refractivity contribution is -0.125. The van der Waals surface area contributed by atoms with Crippen LogP contribution in [0.2, 0.25) is 0 Å². The largest absolute Gasteiger partial charge is 0.491 e. The van der Waals surface area contributed by atoms with Crippen molar-refractivity contribution in [2.75, 3.05) is 11.9 Å². The van der Waals surface area contributed by atoms with E-state index in [1.807, 2.05) is 32.0 Å². The maximum absolute atomic E-state index is 13.2. The SMILES string of the molecule is CC(C)Oc1cccc(NC(=O)[C@@H]2C[C@@H]3CC[C@H]2N(S(=O)(=O)c2ccccc2)C3)c1. The Bertz CT molecular complexity index is 1010. The molecule has 0 unspecified atom stereocenters. The van der Waals surface area contributed by atoms with Crippen LogP contribution in [0.25, 0.3) is 0 Å². The van der Waals surface area contributed by atoms with Crippen molar-refractivity contribution in [1.82, 2.24) is 4.31 Å². The molecular weight excluding hydrogens is 400 g/mol. The number of amides is 1. The van der Waals surface area contributed by atoms with E-state index in [-0.39, 0.29) is 34.8 Å². The lowest BCUT2D eigenvalue weighted by Crippen LogP contribution is -2.57. The Morgan fingerprint density at radius 1 is 1.10 bits per heavy atom. The van der Waals surface area contributed by atoms with Crippen molar-refractivity contribution in [2.45, 2.75) is 50.2 Å². The van der Waals surface area contributed by atoms with E-state index in [1.54, 1.807) is 40.7 Å². The molecule has 7 heteroatoms.